The highest BCUT2D eigenvalue weighted by atomic mass is 32.1. The molecule has 100 valence electrons. The van der Waals surface area contributed by atoms with Gasteiger partial charge in [-0.1, -0.05) is 17.8 Å². The van der Waals surface area contributed by atoms with Crippen LogP contribution in [0.15, 0.2) is 11.4 Å². The lowest BCUT2D eigenvalue weighted by molar-refractivity contribution is 0.0703. The molecule has 0 fully saturated rings. The van der Waals surface area contributed by atoms with Crippen molar-refractivity contribution < 1.29 is 14.7 Å². The molecule has 8 heteroatoms. The van der Waals surface area contributed by atoms with Crippen molar-refractivity contribution >= 4 is 40.4 Å². The Labute approximate surface area is 117 Å². The first-order valence-electron chi connectivity index (χ1n) is 5.56. The van der Waals surface area contributed by atoms with Gasteiger partial charge in [-0.25, -0.2) is 4.79 Å². The van der Waals surface area contributed by atoms with E-state index in [9.17, 15) is 9.59 Å². The summed E-state index contributed by atoms with van der Waals surface area (Å²) in [4.78, 5) is 23.6. The predicted octanol–water partition coefficient (Wildman–Crippen LogP) is 2.50. The van der Waals surface area contributed by atoms with Gasteiger partial charge in [0, 0.05) is 0 Å². The van der Waals surface area contributed by atoms with E-state index in [0.29, 0.717) is 22.7 Å². The number of carbonyl (C=O) groups excluding carboxylic acids is 1. The van der Waals surface area contributed by atoms with Crippen LogP contribution in [0.3, 0.4) is 0 Å². The molecule has 6 nitrogen and oxygen atoms in total. The Hall–Kier alpha value is -1.80. The number of hydrogen-bond acceptors (Lipinski definition) is 6. The van der Waals surface area contributed by atoms with Gasteiger partial charge in [0.2, 0.25) is 0 Å². The monoisotopic (exact) mass is 297 g/mol. The van der Waals surface area contributed by atoms with Crippen molar-refractivity contribution in [2.24, 2.45) is 0 Å². The maximum absolute atomic E-state index is 12.1. The normalized spacial score (nSPS) is 10.4. The molecule has 2 N–H and O–H groups in total. The average molecular weight is 297 g/mol. The molecule has 0 saturated heterocycles. The van der Waals surface area contributed by atoms with E-state index in [2.05, 4.69) is 14.9 Å². The van der Waals surface area contributed by atoms with Crippen molar-refractivity contribution in [3.05, 3.63) is 26.9 Å². The molecule has 0 atom stereocenters. The first-order chi connectivity index (χ1) is 9.13. The minimum Gasteiger partial charge on any atom is -0.477 e. The number of nitrogens with one attached hydrogen (secondary N) is 1. The van der Waals surface area contributed by atoms with Crippen molar-refractivity contribution in [2.45, 2.75) is 19.8 Å². The van der Waals surface area contributed by atoms with Gasteiger partial charge < -0.3 is 10.4 Å². The summed E-state index contributed by atoms with van der Waals surface area (Å²) in [5.41, 5.74) is 0.954. The summed E-state index contributed by atoms with van der Waals surface area (Å²) in [6.45, 7) is 1.99. The van der Waals surface area contributed by atoms with Crippen LogP contribution >= 0.6 is 22.9 Å². The van der Waals surface area contributed by atoms with Crippen LogP contribution in [-0.4, -0.2) is 26.6 Å². The molecule has 2 aromatic heterocycles. The lowest BCUT2D eigenvalue weighted by Crippen LogP contribution is -2.14. The Morgan fingerprint density at radius 1 is 1.42 bits per heavy atom. The number of thiophene rings is 1. The number of aromatic carboxylic acids is 1. The topological polar surface area (TPSA) is 92.2 Å². The van der Waals surface area contributed by atoms with Crippen LogP contribution in [0.5, 0.6) is 0 Å². The molecule has 2 aromatic rings. The van der Waals surface area contributed by atoms with Crippen LogP contribution in [0.1, 0.15) is 38.4 Å². The molecule has 0 unspecified atom stereocenters. The zero-order valence-corrected chi connectivity index (χ0v) is 11.7. The molecule has 0 spiro atoms. The van der Waals surface area contributed by atoms with Crippen LogP contribution in [-0.2, 0) is 6.42 Å². The minimum atomic E-state index is -1.05. The largest absolute Gasteiger partial charge is 0.477 e. The molecular formula is C11H11N3O3S2. The highest BCUT2D eigenvalue weighted by molar-refractivity contribution is 7.12. The number of aromatic nitrogens is 2. The van der Waals surface area contributed by atoms with E-state index in [0.717, 1.165) is 29.3 Å². The van der Waals surface area contributed by atoms with Crippen molar-refractivity contribution in [2.75, 3.05) is 5.32 Å². The summed E-state index contributed by atoms with van der Waals surface area (Å²) < 4.78 is 3.77. The Balaban J connectivity index is 2.19. The van der Waals surface area contributed by atoms with E-state index in [1.807, 2.05) is 6.92 Å². The van der Waals surface area contributed by atoms with Gasteiger partial charge >= 0.3 is 5.97 Å². The molecule has 19 heavy (non-hydrogen) atoms. The van der Waals surface area contributed by atoms with Crippen LogP contribution in [0.4, 0.5) is 5.69 Å². The van der Waals surface area contributed by atoms with Gasteiger partial charge in [-0.3, -0.25) is 4.79 Å². The predicted molar refractivity (Wildman–Crippen MR) is 73.1 cm³/mol. The third-order valence-electron chi connectivity index (χ3n) is 2.36. The first kappa shape index (κ1) is 13.6. The third-order valence-corrected chi connectivity index (χ3v) is 4.03. The van der Waals surface area contributed by atoms with Crippen LogP contribution in [0.2, 0.25) is 0 Å². The Bertz CT molecular complexity index is 606. The zero-order chi connectivity index (χ0) is 13.8. The number of carboxylic acids is 1. The fourth-order valence-electron chi connectivity index (χ4n) is 1.53. The van der Waals surface area contributed by atoms with Crippen molar-refractivity contribution in [3.8, 4) is 0 Å². The molecule has 0 aliphatic heterocycles. The number of hydrogen-bond donors (Lipinski definition) is 2. The van der Waals surface area contributed by atoms with E-state index in [-0.39, 0.29) is 10.8 Å². The summed E-state index contributed by atoms with van der Waals surface area (Å²) in [5.74, 6) is -1.42. The summed E-state index contributed by atoms with van der Waals surface area (Å²) in [5, 5.41) is 17.1. The van der Waals surface area contributed by atoms with Gasteiger partial charge in [0.1, 0.15) is 9.75 Å². The van der Waals surface area contributed by atoms with Gasteiger partial charge in [-0.05, 0) is 29.4 Å². The summed E-state index contributed by atoms with van der Waals surface area (Å²) in [7, 11) is 0. The average Bonchev–Trinajstić information content (AvgIpc) is 2.98. The molecule has 0 saturated carbocycles. The number of carbonyl (C=O) groups is 2. The summed E-state index contributed by atoms with van der Waals surface area (Å²) in [6, 6.07) is 1.57. The minimum absolute atomic E-state index is 0.114. The standard InChI is InChI=1S/C11H11N3O3S2/c1-2-3-7-8(19-14-13-7)10(15)12-6-4-5-18-9(6)11(16)17/h4-5H,2-3H2,1H3,(H,12,15)(H,16,17). The maximum Gasteiger partial charge on any atom is 0.348 e. The first-order valence-corrected chi connectivity index (χ1v) is 7.22. The van der Waals surface area contributed by atoms with E-state index in [1.54, 1.807) is 11.4 Å². The van der Waals surface area contributed by atoms with Crippen molar-refractivity contribution in [1.82, 2.24) is 9.59 Å². The number of aryl methyl sites for hydroxylation is 1. The second-order valence-corrected chi connectivity index (χ2v) is 5.39. The quantitative estimate of drug-likeness (QED) is 0.884. The van der Waals surface area contributed by atoms with Gasteiger partial charge in [0.25, 0.3) is 5.91 Å². The van der Waals surface area contributed by atoms with Crippen LogP contribution < -0.4 is 5.32 Å². The van der Waals surface area contributed by atoms with Gasteiger partial charge in [0.05, 0.1) is 11.4 Å². The highest BCUT2D eigenvalue weighted by Crippen LogP contribution is 2.23. The second-order valence-electron chi connectivity index (χ2n) is 3.72. The molecule has 0 aliphatic rings. The van der Waals surface area contributed by atoms with E-state index in [4.69, 9.17) is 5.11 Å². The smallest absolute Gasteiger partial charge is 0.348 e. The van der Waals surface area contributed by atoms with E-state index >= 15 is 0 Å². The van der Waals surface area contributed by atoms with Gasteiger partial charge in [-0.2, -0.15) is 0 Å². The Morgan fingerprint density at radius 3 is 2.89 bits per heavy atom. The molecule has 0 radical (unpaired) electrons. The van der Waals surface area contributed by atoms with E-state index in [1.165, 1.54) is 0 Å². The van der Waals surface area contributed by atoms with Gasteiger partial charge in [0.15, 0.2) is 0 Å². The molecular weight excluding hydrogens is 286 g/mol. The van der Waals surface area contributed by atoms with Crippen molar-refractivity contribution in [1.29, 1.82) is 0 Å². The lowest BCUT2D eigenvalue weighted by Gasteiger charge is -2.03. The molecule has 2 rings (SSSR count). The van der Waals surface area contributed by atoms with E-state index < -0.39 is 5.97 Å². The highest BCUT2D eigenvalue weighted by Gasteiger charge is 2.19. The molecule has 2 heterocycles. The third kappa shape index (κ3) is 2.96. The number of rotatable bonds is 5. The molecule has 0 bridgehead atoms. The molecule has 0 aliphatic carbocycles. The Morgan fingerprint density at radius 2 is 2.21 bits per heavy atom. The number of anilines is 1. The fourth-order valence-corrected chi connectivity index (χ4v) is 2.82. The fraction of sp³-hybridized carbons (Fsp3) is 0.273. The zero-order valence-electron chi connectivity index (χ0n) is 10.0. The summed E-state index contributed by atoms with van der Waals surface area (Å²) in [6.07, 6.45) is 1.54. The molecule has 0 aromatic carbocycles. The number of nitrogens with zero attached hydrogens (tertiary/aromatic N) is 2. The summed E-state index contributed by atoms with van der Waals surface area (Å²) >= 11 is 2.09. The second kappa shape index (κ2) is 5.89. The lowest BCUT2D eigenvalue weighted by atomic mass is 10.2. The maximum atomic E-state index is 12.1. The van der Waals surface area contributed by atoms with Crippen LogP contribution in [0, 0.1) is 0 Å². The SMILES string of the molecule is CCCc1nnsc1C(=O)Nc1ccsc1C(=O)O. The van der Waals surface area contributed by atoms with Crippen molar-refractivity contribution in [3.63, 3.8) is 0 Å². The Kier molecular flexibility index (Phi) is 4.23. The number of amides is 1. The van der Waals surface area contributed by atoms with Gasteiger partial charge in [-0.15, -0.1) is 16.4 Å². The number of carboxylic acid groups (broad SMARTS) is 1. The molecule has 1 amide bonds. The van der Waals surface area contributed by atoms with Crippen LogP contribution in [0.25, 0.3) is 0 Å².